The summed E-state index contributed by atoms with van der Waals surface area (Å²) in [4.78, 5) is 32.4. The Balaban J connectivity index is 2.65. The van der Waals surface area contributed by atoms with Crippen LogP contribution < -0.4 is 11.2 Å². The molecule has 1 aromatic rings. The number of aryl methyl sites for hydroxylation is 1. The van der Waals surface area contributed by atoms with E-state index in [0.29, 0.717) is 6.42 Å². The molecular weight excluding hydrogens is 233 g/mol. The molecule has 0 fully saturated rings. The third kappa shape index (κ3) is 3.75. The average Bonchev–Trinajstić information content (AvgIpc) is 2.25. The molecular formula is C9H12NO5P. The van der Waals surface area contributed by atoms with E-state index in [1.165, 1.54) is 12.1 Å². The van der Waals surface area contributed by atoms with E-state index >= 15 is 0 Å². The van der Waals surface area contributed by atoms with Gasteiger partial charge in [-0.25, -0.2) is 0 Å². The lowest BCUT2D eigenvalue weighted by molar-refractivity contribution is -0.144. The van der Waals surface area contributed by atoms with Gasteiger partial charge in [-0.1, -0.05) is 12.1 Å². The van der Waals surface area contributed by atoms with Gasteiger partial charge < -0.3 is 14.6 Å². The van der Waals surface area contributed by atoms with Crippen LogP contribution in [0, 0.1) is 0 Å². The van der Waals surface area contributed by atoms with E-state index in [9.17, 15) is 9.36 Å². The molecule has 0 heterocycles. The lowest BCUT2D eigenvalue weighted by atomic mass is 10.1. The van der Waals surface area contributed by atoms with Crippen LogP contribution in [0.15, 0.2) is 24.3 Å². The van der Waals surface area contributed by atoms with E-state index in [4.69, 9.17) is 9.79 Å². The highest BCUT2D eigenvalue weighted by atomic mass is 31.2. The van der Waals surface area contributed by atoms with Gasteiger partial charge in [0.25, 0.3) is 0 Å². The van der Waals surface area contributed by atoms with E-state index in [1.807, 2.05) is 0 Å². The minimum absolute atomic E-state index is 0.0438. The van der Waals surface area contributed by atoms with Crippen molar-refractivity contribution < 1.29 is 24.0 Å². The fourth-order valence-corrected chi connectivity index (χ4v) is 1.70. The molecule has 0 aliphatic heterocycles. The number of carbonyl (C=O) groups excluding carboxylic acids is 1. The zero-order valence-electron chi connectivity index (χ0n) is 8.37. The summed E-state index contributed by atoms with van der Waals surface area (Å²) in [6.07, 6.45) is 0.545. The Bertz CT molecular complexity index is 410. The van der Waals surface area contributed by atoms with Gasteiger partial charge >= 0.3 is 13.6 Å². The molecule has 0 saturated heterocycles. The molecule has 1 aromatic carbocycles. The third-order valence-electron chi connectivity index (χ3n) is 2.02. The van der Waals surface area contributed by atoms with E-state index in [2.05, 4.69) is 10.7 Å². The Morgan fingerprint density at radius 2 is 1.88 bits per heavy atom. The number of carbonyl (C=O) groups is 1. The second-order valence-electron chi connectivity index (χ2n) is 3.20. The molecule has 0 aliphatic rings. The first kappa shape index (κ1) is 12.9. The van der Waals surface area contributed by atoms with Crippen molar-refractivity contribution in [3.8, 4) is 0 Å². The smallest absolute Gasteiger partial charge is 0.356 e. The molecule has 1 rings (SSSR count). The normalized spacial score (nSPS) is 11.2. The number of hydrogen-bond donors (Lipinski definition) is 3. The Kier molecular flexibility index (Phi) is 4.20. The lowest BCUT2D eigenvalue weighted by Gasteiger charge is -2.05. The van der Waals surface area contributed by atoms with Crippen LogP contribution >= 0.6 is 7.60 Å². The van der Waals surface area contributed by atoms with Crippen LogP contribution in [0.3, 0.4) is 0 Å². The van der Waals surface area contributed by atoms with Crippen LogP contribution in [0.5, 0.6) is 0 Å². The van der Waals surface area contributed by atoms with Crippen molar-refractivity contribution in [1.82, 2.24) is 0 Å². The molecule has 0 amide bonds. The average molecular weight is 245 g/mol. The van der Waals surface area contributed by atoms with Crippen molar-refractivity contribution in [2.24, 2.45) is 5.90 Å². The molecule has 0 unspecified atom stereocenters. The number of hydrogen-bond acceptors (Lipinski definition) is 4. The summed E-state index contributed by atoms with van der Waals surface area (Å²) >= 11 is 0. The molecule has 0 radical (unpaired) electrons. The zero-order chi connectivity index (χ0) is 12.2. The molecule has 7 heteroatoms. The maximum absolute atomic E-state index is 10.9. The third-order valence-corrected chi connectivity index (χ3v) is 2.99. The molecule has 0 atom stereocenters. The minimum atomic E-state index is -4.19. The molecule has 0 aliphatic carbocycles. The van der Waals surface area contributed by atoms with Gasteiger partial charge in [0.05, 0.1) is 11.7 Å². The van der Waals surface area contributed by atoms with Crippen LogP contribution in [0.4, 0.5) is 0 Å². The lowest BCUT2D eigenvalue weighted by Crippen LogP contribution is -2.10. The SMILES string of the molecule is NOC(=O)CCc1ccc(P(=O)(O)O)cc1. The predicted octanol–water partition coefficient (Wildman–Crippen LogP) is -0.161. The number of benzene rings is 1. The Morgan fingerprint density at radius 1 is 1.31 bits per heavy atom. The second-order valence-corrected chi connectivity index (χ2v) is 4.80. The first-order valence-corrected chi connectivity index (χ1v) is 6.09. The Labute approximate surface area is 92.1 Å². The van der Waals surface area contributed by atoms with Crippen molar-refractivity contribution >= 4 is 18.9 Å². The summed E-state index contributed by atoms with van der Waals surface area (Å²) in [5.74, 6) is 4.14. The van der Waals surface area contributed by atoms with Crippen LogP contribution in [0.2, 0.25) is 0 Å². The fourth-order valence-electron chi connectivity index (χ4n) is 1.16. The quantitative estimate of drug-likeness (QED) is 0.502. The van der Waals surface area contributed by atoms with Gasteiger partial charge in [0, 0.05) is 0 Å². The summed E-state index contributed by atoms with van der Waals surface area (Å²) in [7, 11) is -4.19. The van der Waals surface area contributed by atoms with Gasteiger partial charge in [-0.05, 0) is 24.1 Å². The largest absolute Gasteiger partial charge is 0.373 e. The van der Waals surface area contributed by atoms with Crippen molar-refractivity contribution in [3.05, 3.63) is 29.8 Å². The molecule has 0 bridgehead atoms. The zero-order valence-corrected chi connectivity index (χ0v) is 9.26. The highest BCUT2D eigenvalue weighted by Gasteiger charge is 2.16. The second kappa shape index (κ2) is 5.23. The predicted molar refractivity (Wildman–Crippen MR) is 56.7 cm³/mol. The van der Waals surface area contributed by atoms with Crippen molar-refractivity contribution in [1.29, 1.82) is 0 Å². The van der Waals surface area contributed by atoms with Gasteiger partial charge in [-0.15, -0.1) is 0 Å². The molecule has 0 spiro atoms. The van der Waals surface area contributed by atoms with Crippen molar-refractivity contribution in [3.63, 3.8) is 0 Å². The molecule has 6 nitrogen and oxygen atoms in total. The molecule has 0 aromatic heterocycles. The first-order valence-electron chi connectivity index (χ1n) is 4.48. The molecule has 16 heavy (non-hydrogen) atoms. The highest BCUT2D eigenvalue weighted by molar-refractivity contribution is 7.60. The summed E-state index contributed by atoms with van der Waals surface area (Å²) in [6, 6.07) is 5.78. The summed E-state index contributed by atoms with van der Waals surface area (Å²) < 4.78 is 10.9. The van der Waals surface area contributed by atoms with Crippen LogP contribution in [0.1, 0.15) is 12.0 Å². The highest BCUT2D eigenvalue weighted by Crippen LogP contribution is 2.32. The van der Waals surface area contributed by atoms with Gasteiger partial charge in [0.2, 0.25) is 0 Å². The molecule has 88 valence electrons. The maximum Gasteiger partial charge on any atom is 0.356 e. The first-order chi connectivity index (χ1) is 7.43. The van der Waals surface area contributed by atoms with Gasteiger partial charge in [0.15, 0.2) is 0 Å². The monoisotopic (exact) mass is 245 g/mol. The minimum Gasteiger partial charge on any atom is -0.373 e. The van der Waals surface area contributed by atoms with E-state index in [1.54, 1.807) is 12.1 Å². The molecule has 4 N–H and O–H groups in total. The van der Waals surface area contributed by atoms with Gasteiger partial charge in [-0.3, -0.25) is 9.36 Å². The summed E-state index contributed by atoms with van der Waals surface area (Å²) in [5.41, 5.74) is 0.780. The number of nitrogens with two attached hydrogens (primary N) is 1. The van der Waals surface area contributed by atoms with Crippen LogP contribution in [-0.2, 0) is 20.6 Å². The van der Waals surface area contributed by atoms with Crippen LogP contribution in [0.25, 0.3) is 0 Å². The van der Waals surface area contributed by atoms with E-state index < -0.39 is 13.6 Å². The van der Waals surface area contributed by atoms with E-state index in [0.717, 1.165) is 5.56 Å². The van der Waals surface area contributed by atoms with Crippen LogP contribution in [-0.4, -0.2) is 15.8 Å². The molecule has 0 saturated carbocycles. The fraction of sp³-hybridized carbons (Fsp3) is 0.222. The summed E-state index contributed by atoms with van der Waals surface area (Å²) in [5, 5.41) is -0.0438. The maximum atomic E-state index is 10.9. The number of rotatable bonds is 4. The van der Waals surface area contributed by atoms with Gasteiger partial charge in [-0.2, -0.15) is 5.90 Å². The topological polar surface area (TPSA) is 110 Å². The summed E-state index contributed by atoms with van der Waals surface area (Å²) in [6.45, 7) is 0. The van der Waals surface area contributed by atoms with E-state index in [-0.39, 0.29) is 11.7 Å². The van der Waals surface area contributed by atoms with Crippen molar-refractivity contribution in [2.45, 2.75) is 12.8 Å². The van der Waals surface area contributed by atoms with Gasteiger partial charge in [0.1, 0.15) is 0 Å². The standard InChI is InChI=1S/C9H12NO5P/c10-15-9(11)6-3-7-1-4-8(5-2-7)16(12,13)14/h1-2,4-5H,3,6,10H2,(H2,12,13,14). The Morgan fingerprint density at radius 3 is 2.31 bits per heavy atom. The van der Waals surface area contributed by atoms with Crippen molar-refractivity contribution in [2.75, 3.05) is 0 Å². The Hall–Kier alpha value is -1.20.